The van der Waals surface area contributed by atoms with E-state index in [9.17, 15) is 26.3 Å². The van der Waals surface area contributed by atoms with Gasteiger partial charge in [-0.15, -0.1) is 6.58 Å². The zero-order valence-corrected chi connectivity index (χ0v) is 10.9. The molecule has 0 bridgehead atoms. The lowest BCUT2D eigenvalue weighted by molar-refractivity contribution is -0.145. The molecule has 0 aliphatic heterocycles. The number of rotatable bonds is 4. The topological polar surface area (TPSA) is 17.8 Å². The Morgan fingerprint density at radius 2 is 1.75 bits per heavy atom. The average Bonchev–Trinajstić information content (AvgIpc) is 2.62. The molecule has 0 radical (unpaired) electrons. The van der Waals surface area contributed by atoms with Gasteiger partial charge in [-0.05, 0) is 18.8 Å². The Morgan fingerprint density at radius 3 is 2.10 bits per heavy atom. The van der Waals surface area contributed by atoms with Gasteiger partial charge >= 0.3 is 12.4 Å². The first-order chi connectivity index (χ1) is 9.04. The van der Waals surface area contributed by atoms with Crippen molar-refractivity contribution in [3.8, 4) is 0 Å². The maximum absolute atomic E-state index is 13.0. The Balaban J connectivity index is 3.61. The molecule has 1 atom stereocenters. The maximum atomic E-state index is 13.0. The normalized spacial score (nSPS) is 14.4. The first-order valence-corrected chi connectivity index (χ1v) is 5.86. The molecule has 20 heavy (non-hydrogen) atoms. The molecule has 1 aromatic rings. The van der Waals surface area contributed by atoms with Gasteiger partial charge in [-0.2, -0.15) is 31.4 Å². The van der Waals surface area contributed by atoms with Gasteiger partial charge in [-0.1, -0.05) is 13.0 Å². The molecular formula is C12H14F6N2. The van der Waals surface area contributed by atoms with Gasteiger partial charge in [0.1, 0.15) is 5.69 Å². The van der Waals surface area contributed by atoms with Crippen LogP contribution in [-0.4, -0.2) is 9.78 Å². The fourth-order valence-corrected chi connectivity index (χ4v) is 2.16. The summed E-state index contributed by atoms with van der Waals surface area (Å²) in [5, 5.41) is 3.04. The van der Waals surface area contributed by atoms with Gasteiger partial charge in [-0.3, -0.25) is 4.68 Å². The zero-order chi connectivity index (χ0) is 15.7. The summed E-state index contributed by atoms with van der Waals surface area (Å²) in [6.45, 7) is 4.90. The third-order valence-electron chi connectivity index (χ3n) is 2.97. The summed E-state index contributed by atoms with van der Waals surface area (Å²) in [6, 6.07) is 0. The maximum Gasteiger partial charge on any atom is 0.435 e. The minimum atomic E-state index is -4.93. The predicted octanol–water partition coefficient (Wildman–Crippen LogP) is 4.53. The monoisotopic (exact) mass is 300 g/mol. The van der Waals surface area contributed by atoms with Gasteiger partial charge < -0.3 is 0 Å². The second kappa shape index (κ2) is 5.49. The Morgan fingerprint density at radius 1 is 1.20 bits per heavy atom. The molecule has 0 saturated heterocycles. The van der Waals surface area contributed by atoms with Crippen molar-refractivity contribution in [3.63, 3.8) is 0 Å². The lowest BCUT2D eigenvalue weighted by atomic mass is 9.90. The van der Waals surface area contributed by atoms with Crippen LogP contribution in [-0.2, 0) is 19.4 Å². The Kier molecular flexibility index (Phi) is 4.55. The standard InChI is InChI=1S/C12H14F6N2/c1-4-6-7(5-2)8-9(11(13,14)15)19-20(3)10(8)12(16,17)18/h4,7H,1,5-6H2,2-3H3. The molecule has 0 spiro atoms. The van der Waals surface area contributed by atoms with Crippen LogP contribution < -0.4 is 0 Å². The summed E-state index contributed by atoms with van der Waals surface area (Å²) in [5.41, 5.74) is -3.62. The number of aryl methyl sites for hydroxylation is 1. The Labute approximate surface area is 112 Å². The summed E-state index contributed by atoms with van der Waals surface area (Å²) >= 11 is 0. The third-order valence-corrected chi connectivity index (χ3v) is 2.97. The van der Waals surface area contributed by atoms with Gasteiger partial charge in [0.15, 0.2) is 5.69 Å². The lowest BCUT2D eigenvalue weighted by Crippen LogP contribution is -2.17. The second-order valence-electron chi connectivity index (χ2n) is 4.36. The first kappa shape index (κ1) is 16.6. The van der Waals surface area contributed by atoms with Crippen molar-refractivity contribution >= 4 is 0 Å². The molecule has 1 rings (SSSR count). The van der Waals surface area contributed by atoms with Gasteiger partial charge in [0.25, 0.3) is 0 Å². The summed E-state index contributed by atoms with van der Waals surface area (Å²) in [7, 11) is 0.863. The zero-order valence-electron chi connectivity index (χ0n) is 10.9. The summed E-state index contributed by atoms with van der Waals surface area (Å²) in [5.74, 6) is -0.922. The van der Waals surface area contributed by atoms with Gasteiger partial charge in [0, 0.05) is 12.6 Å². The molecule has 8 heteroatoms. The highest BCUT2D eigenvalue weighted by Crippen LogP contribution is 2.43. The SMILES string of the molecule is C=CCC(CC)c1c(C(F)(F)F)nn(C)c1C(F)(F)F. The van der Waals surface area contributed by atoms with E-state index in [0.29, 0.717) is 0 Å². The quantitative estimate of drug-likeness (QED) is 0.590. The van der Waals surface area contributed by atoms with Crippen LogP contribution in [0.25, 0.3) is 0 Å². The van der Waals surface area contributed by atoms with E-state index in [1.54, 1.807) is 0 Å². The summed E-state index contributed by atoms with van der Waals surface area (Å²) in [4.78, 5) is 0. The van der Waals surface area contributed by atoms with E-state index in [-0.39, 0.29) is 17.5 Å². The van der Waals surface area contributed by atoms with E-state index in [2.05, 4.69) is 11.7 Å². The van der Waals surface area contributed by atoms with Crippen molar-refractivity contribution in [1.82, 2.24) is 9.78 Å². The predicted molar refractivity (Wildman–Crippen MR) is 61.1 cm³/mol. The van der Waals surface area contributed by atoms with Crippen LogP contribution in [0.1, 0.15) is 42.6 Å². The smallest absolute Gasteiger partial charge is 0.263 e. The van der Waals surface area contributed by atoms with Crippen molar-refractivity contribution in [3.05, 3.63) is 29.6 Å². The van der Waals surface area contributed by atoms with Crippen LogP contribution in [0.5, 0.6) is 0 Å². The van der Waals surface area contributed by atoms with Crippen molar-refractivity contribution in [2.75, 3.05) is 0 Å². The minimum absolute atomic E-state index is 0.0222. The van der Waals surface area contributed by atoms with Gasteiger partial charge in [0.05, 0.1) is 0 Å². The van der Waals surface area contributed by atoms with Crippen molar-refractivity contribution < 1.29 is 26.3 Å². The molecule has 1 aromatic heterocycles. The molecule has 0 saturated carbocycles. The number of alkyl halides is 6. The van der Waals surface area contributed by atoms with E-state index in [0.717, 1.165) is 7.05 Å². The molecule has 0 N–H and O–H groups in total. The fourth-order valence-electron chi connectivity index (χ4n) is 2.16. The van der Waals surface area contributed by atoms with E-state index >= 15 is 0 Å². The lowest BCUT2D eigenvalue weighted by Gasteiger charge is -2.18. The van der Waals surface area contributed by atoms with Crippen molar-refractivity contribution in [2.24, 2.45) is 7.05 Å². The van der Waals surface area contributed by atoms with E-state index in [1.807, 2.05) is 0 Å². The summed E-state index contributed by atoms with van der Waals surface area (Å²) < 4.78 is 77.9. The van der Waals surface area contributed by atoms with E-state index in [1.165, 1.54) is 13.0 Å². The Bertz CT molecular complexity index is 483. The molecule has 0 aromatic carbocycles. The van der Waals surface area contributed by atoms with Crippen LogP contribution >= 0.6 is 0 Å². The highest BCUT2D eigenvalue weighted by molar-refractivity contribution is 5.34. The molecule has 2 nitrogen and oxygen atoms in total. The summed E-state index contributed by atoms with van der Waals surface area (Å²) in [6.07, 6.45) is -8.36. The van der Waals surface area contributed by atoms with Crippen LogP contribution in [0.4, 0.5) is 26.3 Å². The molecular weight excluding hydrogens is 286 g/mol. The number of allylic oxidation sites excluding steroid dienone is 1. The molecule has 0 amide bonds. The first-order valence-electron chi connectivity index (χ1n) is 5.86. The fraction of sp³-hybridized carbons (Fsp3) is 0.583. The molecule has 1 heterocycles. The van der Waals surface area contributed by atoms with Crippen molar-refractivity contribution in [2.45, 2.75) is 38.0 Å². The number of aromatic nitrogens is 2. The molecule has 114 valence electrons. The van der Waals surface area contributed by atoms with Crippen LogP contribution in [0.15, 0.2) is 12.7 Å². The minimum Gasteiger partial charge on any atom is -0.263 e. The Hall–Kier alpha value is -1.47. The average molecular weight is 300 g/mol. The molecule has 1 unspecified atom stereocenters. The van der Waals surface area contributed by atoms with Crippen molar-refractivity contribution in [1.29, 1.82) is 0 Å². The second-order valence-corrected chi connectivity index (χ2v) is 4.36. The largest absolute Gasteiger partial charge is 0.435 e. The number of hydrogen-bond acceptors (Lipinski definition) is 1. The van der Waals surface area contributed by atoms with Crippen LogP contribution in [0.2, 0.25) is 0 Å². The van der Waals surface area contributed by atoms with E-state index < -0.39 is 35.2 Å². The van der Waals surface area contributed by atoms with Crippen LogP contribution in [0, 0.1) is 0 Å². The number of halogens is 6. The highest BCUT2D eigenvalue weighted by Gasteiger charge is 2.47. The molecule has 0 fully saturated rings. The van der Waals surface area contributed by atoms with Gasteiger partial charge in [0.2, 0.25) is 0 Å². The third kappa shape index (κ3) is 3.16. The van der Waals surface area contributed by atoms with Crippen LogP contribution in [0.3, 0.4) is 0 Å². The molecule has 0 aliphatic rings. The number of hydrogen-bond donors (Lipinski definition) is 0. The van der Waals surface area contributed by atoms with E-state index in [4.69, 9.17) is 0 Å². The number of nitrogens with zero attached hydrogens (tertiary/aromatic N) is 2. The van der Waals surface area contributed by atoms with Gasteiger partial charge in [-0.25, -0.2) is 0 Å². The molecule has 0 aliphatic carbocycles. The highest BCUT2D eigenvalue weighted by atomic mass is 19.4.